The van der Waals surface area contributed by atoms with Gasteiger partial charge in [0.05, 0.1) is 5.56 Å². The molecule has 112 valence electrons. The van der Waals surface area contributed by atoms with E-state index in [2.05, 4.69) is 25.9 Å². The van der Waals surface area contributed by atoms with Crippen molar-refractivity contribution < 1.29 is 39.5 Å². The molecule has 0 aromatic heterocycles. The van der Waals surface area contributed by atoms with Crippen molar-refractivity contribution in [3.05, 3.63) is 73.5 Å². The molecular formula is C14H9F3FeO2S. The summed E-state index contributed by atoms with van der Waals surface area (Å²) in [6.07, 6.45) is -4.28. The Labute approximate surface area is 137 Å². The molecule has 0 unspecified atom stereocenters. The minimum Gasteiger partial charge on any atom is -0.214 e. The Morgan fingerprint density at radius 3 is 1.67 bits per heavy atom. The molecule has 0 bridgehead atoms. The van der Waals surface area contributed by atoms with Crippen molar-refractivity contribution in [2.24, 2.45) is 0 Å². The molecule has 0 saturated carbocycles. The van der Waals surface area contributed by atoms with Crippen LogP contribution in [0, 0.1) is 13.3 Å². The zero-order chi connectivity index (χ0) is 16.0. The summed E-state index contributed by atoms with van der Waals surface area (Å²) >= 11 is 4.57. The number of alkyl halides is 3. The third-order valence-corrected chi connectivity index (χ3v) is 1.97. The zero-order valence-electron chi connectivity index (χ0n) is 10.4. The van der Waals surface area contributed by atoms with Crippen molar-refractivity contribution in [3.8, 4) is 0 Å². The second-order valence-corrected chi connectivity index (χ2v) is 3.46. The van der Waals surface area contributed by atoms with Gasteiger partial charge in [-0.05, 0) is 0 Å². The third kappa shape index (κ3) is 13.3. The molecule has 0 saturated heterocycles. The number of hydrogen-bond donors (Lipinski definition) is 0. The van der Waals surface area contributed by atoms with Crippen molar-refractivity contribution in [1.29, 1.82) is 0 Å². The van der Waals surface area contributed by atoms with Crippen LogP contribution in [-0.4, -0.2) is 0 Å². The quantitative estimate of drug-likeness (QED) is 0.306. The van der Waals surface area contributed by atoms with Gasteiger partial charge < -0.3 is 12.6 Å². The van der Waals surface area contributed by atoms with Crippen LogP contribution in [0.25, 0.3) is 0 Å². The van der Waals surface area contributed by atoms with Gasteiger partial charge >= 0.3 is 45.9 Å². The summed E-state index contributed by atoms with van der Waals surface area (Å²) in [4.78, 5) is 0.208. The Balaban J connectivity index is -0.000000273. The van der Waals surface area contributed by atoms with E-state index in [0.29, 0.717) is 0 Å². The largest absolute Gasteiger partial charge is 2.00 e. The summed E-state index contributed by atoms with van der Waals surface area (Å²) in [5, 5.41) is 0. The van der Waals surface area contributed by atoms with E-state index >= 15 is 0 Å². The molecule has 0 aliphatic carbocycles. The van der Waals surface area contributed by atoms with E-state index in [9.17, 15) is 13.2 Å². The molecule has 0 heterocycles. The van der Waals surface area contributed by atoms with Gasteiger partial charge in [0.1, 0.15) is 0 Å². The molecule has 21 heavy (non-hydrogen) atoms. The predicted octanol–water partition coefficient (Wildman–Crippen LogP) is 3.94. The van der Waals surface area contributed by atoms with Crippen molar-refractivity contribution in [1.82, 2.24) is 0 Å². The summed E-state index contributed by atoms with van der Waals surface area (Å²) in [7, 11) is 0. The Hall–Kier alpha value is -1.42. The number of hydrogen-bond acceptors (Lipinski definition) is 1. The van der Waals surface area contributed by atoms with Gasteiger partial charge in [0.25, 0.3) is 0 Å². The molecular weight excluding hydrogens is 345 g/mol. The molecule has 0 radical (unpaired) electrons. The van der Waals surface area contributed by atoms with E-state index in [0.717, 1.165) is 12.1 Å². The Kier molecular flexibility index (Phi) is 17.5. The average Bonchev–Trinajstić information content (AvgIpc) is 3.02. The minimum absolute atomic E-state index is 0. The molecule has 0 fully saturated rings. The van der Waals surface area contributed by atoms with Crippen molar-refractivity contribution in [3.63, 3.8) is 0 Å². The smallest absolute Gasteiger partial charge is 0.214 e. The second kappa shape index (κ2) is 15.0. The number of rotatable bonds is 0. The van der Waals surface area contributed by atoms with Gasteiger partial charge in [-0.2, -0.15) is 36.3 Å². The standard InChI is InChI=1S/C7H5F3S.C5H5.2CO.Fe/c8-7(9,10)5-2-1-3-6(11)4-5;1-2-4-5-3-1;2*1-2;/h1-4,11H;1-5H;;;/q;-1;;;+2/p-1. The fourth-order valence-corrected chi connectivity index (χ4v) is 1.20. The van der Waals surface area contributed by atoms with Crippen LogP contribution in [0.15, 0.2) is 59.5 Å². The van der Waals surface area contributed by atoms with E-state index in [-0.39, 0.29) is 22.0 Å². The molecule has 2 aromatic carbocycles. The normalized spacial score (nSPS) is 8.14. The van der Waals surface area contributed by atoms with Gasteiger partial charge in [-0.1, -0.05) is 24.3 Å². The first-order valence-electron chi connectivity index (χ1n) is 4.92. The van der Waals surface area contributed by atoms with E-state index in [1.165, 1.54) is 12.1 Å². The molecule has 0 N–H and O–H groups in total. The van der Waals surface area contributed by atoms with Gasteiger partial charge in [0.2, 0.25) is 0 Å². The molecule has 0 atom stereocenters. The summed E-state index contributed by atoms with van der Waals surface area (Å²) in [5.74, 6) is 0. The van der Waals surface area contributed by atoms with Gasteiger partial charge in [0.15, 0.2) is 0 Å². The topological polar surface area (TPSA) is 39.8 Å². The molecule has 7 heteroatoms. The Bertz CT molecular complexity index is 470. The monoisotopic (exact) mass is 354 g/mol. The number of halogens is 3. The first-order valence-corrected chi connectivity index (χ1v) is 5.33. The summed E-state index contributed by atoms with van der Waals surface area (Å²) < 4.78 is 50.8. The summed E-state index contributed by atoms with van der Waals surface area (Å²) in [6, 6.07) is 14.7. The van der Waals surface area contributed by atoms with Crippen LogP contribution >= 0.6 is 0 Å². The van der Waals surface area contributed by atoms with Crippen LogP contribution in [0.1, 0.15) is 5.56 Å². The molecule has 0 aliphatic heterocycles. The first-order chi connectivity index (χ1) is 9.50. The Morgan fingerprint density at radius 2 is 1.43 bits per heavy atom. The summed E-state index contributed by atoms with van der Waals surface area (Å²) in [6.45, 7) is 9.00. The zero-order valence-corrected chi connectivity index (χ0v) is 12.3. The summed E-state index contributed by atoms with van der Waals surface area (Å²) in [5.41, 5.74) is -0.690. The van der Waals surface area contributed by atoms with Crippen LogP contribution in [-0.2, 0) is 45.2 Å². The molecule has 0 amide bonds. The van der Waals surface area contributed by atoms with Crippen LogP contribution in [0.4, 0.5) is 13.2 Å². The average molecular weight is 354 g/mol. The van der Waals surface area contributed by atoms with Crippen LogP contribution < -0.4 is 0 Å². The minimum atomic E-state index is -4.28. The second-order valence-electron chi connectivity index (χ2n) is 2.99. The van der Waals surface area contributed by atoms with E-state index < -0.39 is 11.7 Å². The van der Waals surface area contributed by atoms with Gasteiger partial charge in [-0.3, -0.25) is 0 Å². The maximum absolute atomic E-state index is 11.9. The van der Waals surface area contributed by atoms with Crippen LogP contribution in [0.2, 0.25) is 0 Å². The fourth-order valence-electron chi connectivity index (χ4n) is 0.993. The molecule has 2 nitrogen and oxygen atoms in total. The van der Waals surface area contributed by atoms with Crippen molar-refractivity contribution >= 4 is 12.6 Å². The van der Waals surface area contributed by atoms with Crippen molar-refractivity contribution in [2.75, 3.05) is 0 Å². The van der Waals surface area contributed by atoms with Gasteiger partial charge in [-0.25, -0.2) is 12.1 Å². The first kappa shape index (κ1) is 24.6. The van der Waals surface area contributed by atoms with E-state index in [4.69, 9.17) is 9.30 Å². The predicted molar refractivity (Wildman–Crippen MR) is 67.0 cm³/mol. The van der Waals surface area contributed by atoms with Gasteiger partial charge in [-0.15, -0.1) is 0 Å². The molecule has 2 aromatic rings. The van der Waals surface area contributed by atoms with Gasteiger partial charge in [0, 0.05) is 0 Å². The van der Waals surface area contributed by atoms with E-state index in [1.807, 2.05) is 30.3 Å². The molecule has 0 aliphatic rings. The van der Waals surface area contributed by atoms with Crippen molar-refractivity contribution in [2.45, 2.75) is 11.1 Å². The maximum Gasteiger partial charge on any atom is 2.00 e. The van der Waals surface area contributed by atoms with Crippen LogP contribution in [0.5, 0.6) is 0 Å². The van der Waals surface area contributed by atoms with E-state index in [1.54, 1.807) is 0 Å². The number of benzene rings is 1. The Morgan fingerprint density at radius 1 is 0.952 bits per heavy atom. The third-order valence-electron chi connectivity index (χ3n) is 1.72. The van der Waals surface area contributed by atoms with Crippen LogP contribution in [0.3, 0.4) is 0 Å². The molecule has 0 spiro atoms. The maximum atomic E-state index is 11.9. The SMILES string of the molecule is FC(F)(F)c1cccc([S-])c1.[C-]#[O+].[C-]#[O+].[Fe+2].c1cc[cH-]c1. The molecule has 2 rings (SSSR count). The fraction of sp³-hybridized carbons (Fsp3) is 0.0714.